The second kappa shape index (κ2) is 6.45. The van der Waals surface area contributed by atoms with Crippen LogP contribution in [-0.4, -0.2) is 22.6 Å². The van der Waals surface area contributed by atoms with E-state index in [2.05, 4.69) is 9.84 Å². The Morgan fingerprint density at radius 2 is 1.80 bits per heavy atom. The Morgan fingerprint density at radius 1 is 1.16 bits per heavy atom. The normalized spacial score (nSPS) is 12.7. The number of rotatable bonds is 5. The summed E-state index contributed by atoms with van der Waals surface area (Å²) in [6.07, 6.45) is -5.92. The van der Waals surface area contributed by atoms with Gasteiger partial charge in [-0.05, 0) is 24.1 Å². The Bertz CT molecular complexity index is 755. The van der Waals surface area contributed by atoms with E-state index >= 15 is 0 Å². The van der Waals surface area contributed by atoms with E-state index in [9.17, 15) is 30.7 Å². The fourth-order valence-corrected chi connectivity index (χ4v) is 2.01. The van der Waals surface area contributed by atoms with Crippen LogP contribution in [-0.2, 0) is 12.5 Å². The number of aryl methyl sites for hydroxylation is 1. The third-order valence-electron chi connectivity index (χ3n) is 3.30. The van der Waals surface area contributed by atoms with E-state index in [1.807, 2.05) is 0 Å². The summed E-state index contributed by atoms with van der Waals surface area (Å²) in [5.41, 5.74) is 5.32. The van der Waals surface area contributed by atoms with Crippen LogP contribution < -0.4 is 10.5 Å². The third-order valence-corrected chi connectivity index (χ3v) is 3.30. The number of nitrogen functional groups attached to an aromatic ring is 1. The van der Waals surface area contributed by atoms with Crippen molar-refractivity contribution in [3.05, 3.63) is 41.1 Å². The maximum absolute atomic E-state index is 13.4. The molecular formula is C14H12F7N3O. The molecule has 0 unspecified atom stereocenters. The Balaban J connectivity index is 2.43. The highest BCUT2D eigenvalue weighted by Gasteiger charge is 2.60. The average molecular weight is 371 g/mol. The summed E-state index contributed by atoms with van der Waals surface area (Å²) in [5.74, 6) is -6.22. The Labute approximate surface area is 137 Å². The van der Waals surface area contributed by atoms with Gasteiger partial charge in [0.1, 0.15) is 5.69 Å². The summed E-state index contributed by atoms with van der Waals surface area (Å²) in [4.78, 5) is 0. The van der Waals surface area contributed by atoms with Crippen molar-refractivity contribution in [2.45, 2.75) is 32.2 Å². The first-order valence-corrected chi connectivity index (χ1v) is 6.74. The van der Waals surface area contributed by atoms with Crippen LogP contribution in [0.3, 0.4) is 0 Å². The van der Waals surface area contributed by atoms with E-state index in [1.54, 1.807) is 6.92 Å². The topological polar surface area (TPSA) is 53.1 Å². The lowest BCUT2D eigenvalue weighted by Crippen LogP contribution is -2.34. The predicted molar refractivity (Wildman–Crippen MR) is 73.5 cm³/mol. The van der Waals surface area contributed by atoms with Crippen LogP contribution in [0.15, 0.2) is 24.3 Å². The molecule has 0 aliphatic heterocycles. The van der Waals surface area contributed by atoms with E-state index in [-0.39, 0.29) is 12.6 Å². The summed E-state index contributed by atoms with van der Waals surface area (Å²) in [7, 11) is 0. The van der Waals surface area contributed by atoms with Gasteiger partial charge in [-0.1, -0.05) is 12.1 Å². The van der Waals surface area contributed by atoms with E-state index < -0.39 is 30.3 Å². The molecule has 0 saturated carbocycles. The molecule has 4 nitrogen and oxygen atoms in total. The van der Waals surface area contributed by atoms with E-state index in [4.69, 9.17) is 5.73 Å². The first-order valence-electron chi connectivity index (χ1n) is 6.74. The molecule has 0 atom stereocenters. The van der Waals surface area contributed by atoms with Crippen molar-refractivity contribution < 1.29 is 35.5 Å². The molecule has 0 bridgehead atoms. The number of nitrogens with two attached hydrogens (primary N) is 1. The minimum atomic E-state index is -5.92. The van der Waals surface area contributed by atoms with Crippen LogP contribution in [0.25, 0.3) is 0 Å². The predicted octanol–water partition coefficient (Wildman–Crippen LogP) is 4.08. The SMILES string of the molecule is Cc1cc(Cn2nc(C(F)(F)C(F)(F)F)cc2OC(F)F)ccc1N. The van der Waals surface area contributed by atoms with Gasteiger partial charge in [0.05, 0.1) is 6.54 Å². The molecule has 0 amide bonds. The minimum Gasteiger partial charge on any atom is -0.417 e. The molecule has 25 heavy (non-hydrogen) atoms. The highest BCUT2D eigenvalue weighted by molar-refractivity contribution is 5.47. The Morgan fingerprint density at radius 3 is 2.32 bits per heavy atom. The molecule has 2 aromatic rings. The quantitative estimate of drug-likeness (QED) is 0.637. The van der Waals surface area contributed by atoms with Crippen molar-refractivity contribution in [2.24, 2.45) is 0 Å². The van der Waals surface area contributed by atoms with Crippen molar-refractivity contribution in [3.63, 3.8) is 0 Å². The standard InChI is InChI=1S/C14H12F7N3O/c1-7-4-8(2-3-9(7)22)6-24-11(25-12(15)16)5-10(23-24)13(17,18)14(19,20)21/h2-5,12H,6,22H2,1H3. The molecule has 1 aromatic heterocycles. The molecule has 0 aliphatic rings. The number of nitrogens with zero attached hydrogens (tertiary/aromatic N) is 2. The fraction of sp³-hybridized carbons (Fsp3) is 0.357. The summed E-state index contributed by atoms with van der Waals surface area (Å²) in [5, 5.41) is 3.11. The van der Waals surface area contributed by atoms with Gasteiger partial charge in [-0.2, -0.15) is 35.8 Å². The van der Waals surface area contributed by atoms with Gasteiger partial charge in [-0.25, -0.2) is 4.68 Å². The lowest BCUT2D eigenvalue weighted by Gasteiger charge is -2.16. The van der Waals surface area contributed by atoms with E-state index in [0.29, 0.717) is 21.5 Å². The highest BCUT2D eigenvalue weighted by Crippen LogP contribution is 2.44. The Hall–Kier alpha value is -2.46. The van der Waals surface area contributed by atoms with Crippen LogP contribution in [0, 0.1) is 6.92 Å². The summed E-state index contributed by atoms with van der Waals surface area (Å²) >= 11 is 0. The van der Waals surface area contributed by atoms with Crippen LogP contribution >= 0.6 is 0 Å². The third kappa shape index (κ3) is 3.97. The van der Waals surface area contributed by atoms with Gasteiger partial charge < -0.3 is 10.5 Å². The fourth-order valence-electron chi connectivity index (χ4n) is 2.01. The van der Waals surface area contributed by atoms with Gasteiger partial charge in [-0.3, -0.25) is 0 Å². The van der Waals surface area contributed by atoms with Crippen LogP contribution in [0.4, 0.5) is 36.4 Å². The molecule has 2 N–H and O–H groups in total. The van der Waals surface area contributed by atoms with Gasteiger partial charge in [0, 0.05) is 11.8 Å². The molecule has 0 fully saturated rings. The van der Waals surface area contributed by atoms with Crippen molar-refractivity contribution in [1.29, 1.82) is 0 Å². The Kier molecular flexibility index (Phi) is 4.87. The number of halogens is 7. The van der Waals surface area contributed by atoms with Gasteiger partial charge in [-0.15, -0.1) is 0 Å². The van der Waals surface area contributed by atoms with Crippen LogP contribution in [0.2, 0.25) is 0 Å². The molecule has 11 heteroatoms. The second-order valence-corrected chi connectivity index (χ2v) is 5.17. The van der Waals surface area contributed by atoms with Crippen molar-refractivity contribution >= 4 is 5.69 Å². The smallest absolute Gasteiger partial charge is 0.417 e. The molecule has 0 radical (unpaired) electrons. The van der Waals surface area contributed by atoms with Gasteiger partial charge in [0.2, 0.25) is 5.88 Å². The number of alkyl halides is 7. The number of ether oxygens (including phenoxy) is 1. The first kappa shape index (κ1) is 18.9. The molecule has 0 spiro atoms. The molecule has 0 saturated heterocycles. The van der Waals surface area contributed by atoms with Crippen molar-refractivity contribution in [2.75, 3.05) is 5.73 Å². The molecule has 2 rings (SSSR count). The summed E-state index contributed by atoms with van der Waals surface area (Å²) in [6.45, 7) is -2.14. The number of aromatic nitrogens is 2. The monoisotopic (exact) mass is 371 g/mol. The maximum Gasteiger partial charge on any atom is 0.459 e. The molecule has 1 aromatic carbocycles. The average Bonchev–Trinajstić information content (AvgIpc) is 2.84. The zero-order valence-electron chi connectivity index (χ0n) is 12.6. The van der Waals surface area contributed by atoms with Crippen molar-refractivity contribution in [1.82, 2.24) is 9.78 Å². The van der Waals surface area contributed by atoms with E-state index in [1.165, 1.54) is 18.2 Å². The molecule has 138 valence electrons. The van der Waals surface area contributed by atoms with Gasteiger partial charge in [0.15, 0.2) is 0 Å². The molecule has 0 aliphatic carbocycles. The minimum absolute atomic E-state index is 0.143. The molecule has 1 heterocycles. The zero-order chi connectivity index (χ0) is 19.0. The second-order valence-electron chi connectivity index (χ2n) is 5.17. The summed E-state index contributed by atoms with van der Waals surface area (Å²) in [6, 6.07) is 4.60. The zero-order valence-corrected chi connectivity index (χ0v) is 12.6. The van der Waals surface area contributed by atoms with Crippen molar-refractivity contribution in [3.8, 4) is 5.88 Å². The highest BCUT2D eigenvalue weighted by atomic mass is 19.4. The van der Waals surface area contributed by atoms with E-state index in [0.717, 1.165) is 0 Å². The largest absolute Gasteiger partial charge is 0.459 e. The lowest BCUT2D eigenvalue weighted by atomic mass is 10.1. The van der Waals surface area contributed by atoms with Gasteiger partial charge >= 0.3 is 18.7 Å². The first-order chi connectivity index (χ1) is 11.4. The lowest BCUT2D eigenvalue weighted by molar-refractivity contribution is -0.291. The number of hydrogen-bond donors (Lipinski definition) is 1. The van der Waals surface area contributed by atoms with Crippen LogP contribution in [0.5, 0.6) is 5.88 Å². The number of anilines is 1. The van der Waals surface area contributed by atoms with Gasteiger partial charge in [0.25, 0.3) is 0 Å². The number of hydrogen-bond acceptors (Lipinski definition) is 3. The van der Waals surface area contributed by atoms with Crippen LogP contribution in [0.1, 0.15) is 16.8 Å². The molecular weight excluding hydrogens is 359 g/mol. The maximum atomic E-state index is 13.4. The number of benzene rings is 1. The summed E-state index contributed by atoms with van der Waals surface area (Å²) < 4.78 is 93.4.